The average molecular weight is 180 g/mol. The molecule has 0 fully saturated rings. The van der Waals surface area contributed by atoms with Crippen molar-refractivity contribution in [3.8, 4) is 0 Å². The second kappa shape index (κ2) is 11.2. The molecule has 0 heterocycles. The summed E-state index contributed by atoms with van der Waals surface area (Å²) in [6.07, 6.45) is 9.26. The van der Waals surface area contributed by atoms with Gasteiger partial charge in [-0.25, -0.2) is 0 Å². The summed E-state index contributed by atoms with van der Waals surface area (Å²) in [7, 11) is 0. The lowest BCUT2D eigenvalue weighted by Gasteiger charge is -2.03. The Balaban J connectivity index is 0. The van der Waals surface area contributed by atoms with Crippen molar-refractivity contribution in [2.24, 2.45) is 5.92 Å². The number of hydrogen-bond acceptors (Lipinski definition) is 0. The maximum Gasteiger partial charge on any atom is -0.0256 e. The molecule has 76 valence electrons. The Labute approximate surface area is 84.1 Å². The molecule has 0 unspecified atom stereocenters. The van der Waals surface area contributed by atoms with Crippen molar-refractivity contribution in [1.29, 1.82) is 0 Å². The van der Waals surface area contributed by atoms with Gasteiger partial charge in [0.1, 0.15) is 0 Å². The highest BCUT2D eigenvalue weighted by Crippen LogP contribution is 2.11. The van der Waals surface area contributed by atoms with E-state index in [-0.39, 0.29) is 0 Å². The van der Waals surface area contributed by atoms with Gasteiger partial charge in [0.2, 0.25) is 0 Å². The maximum atomic E-state index is 3.68. The van der Waals surface area contributed by atoms with Crippen LogP contribution in [0.15, 0.2) is 36.5 Å². The summed E-state index contributed by atoms with van der Waals surface area (Å²) in [5.41, 5.74) is 1.36. The molecule has 0 atom stereocenters. The standard InChI is InChI=1S/C11H18.C2H6/c1-5-7-11(8-6-2)9-10(3)4;1-2/h5-8,10H,1,9H2,2-4H3;1-2H3/b8-6-,11-7+;. The molecule has 0 amide bonds. The normalized spacial score (nSPS) is 11.4. The third kappa shape index (κ3) is 11.2. The van der Waals surface area contributed by atoms with Crippen LogP contribution < -0.4 is 0 Å². The Bertz CT molecular complexity index is 159. The fraction of sp³-hybridized carbons (Fsp3) is 0.538. The summed E-state index contributed by atoms with van der Waals surface area (Å²) in [6, 6.07) is 0. The molecule has 0 saturated heterocycles. The predicted molar refractivity (Wildman–Crippen MR) is 63.9 cm³/mol. The first-order chi connectivity index (χ1) is 6.20. The van der Waals surface area contributed by atoms with Gasteiger partial charge in [-0.3, -0.25) is 0 Å². The van der Waals surface area contributed by atoms with Crippen LogP contribution in [0.4, 0.5) is 0 Å². The van der Waals surface area contributed by atoms with E-state index in [1.165, 1.54) is 5.57 Å². The Hall–Kier alpha value is -0.780. The first-order valence-electron chi connectivity index (χ1n) is 5.15. The van der Waals surface area contributed by atoms with Crippen LogP contribution >= 0.6 is 0 Å². The Kier molecular flexibility index (Phi) is 12.7. The Morgan fingerprint density at radius 3 is 2.15 bits per heavy atom. The van der Waals surface area contributed by atoms with E-state index in [0.29, 0.717) is 0 Å². The fourth-order valence-electron chi connectivity index (χ4n) is 1.03. The molecule has 0 rings (SSSR count). The van der Waals surface area contributed by atoms with Crippen LogP contribution in [0.1, 0.15) is 41.0 Å². The highest BCUT2D eigenvalue weighted by molar-refractivity contribution is 5.22. The van der Waals surface area contributed by atoms with Crippen molar-refractivity contribution in [2.75, 3.05) is 0 Å². The van der Waals surface area contributed by atoms with Crippen LogP contribution in [0.25, 0.3) is 0 Å². The van der Waals surface area contributed by atoms with Gasteiger partial charge in [-0.2, -0.15) is 0 Å². The maximum absolute atomic E-state index is 3.68. The van der Waals surface area contributed by atoms with E-state index in [2.05, 4.69) is 38.7 Å². The van der Waals surface area contributed by atoms with Crippen molar-refractivity contribution in [2.45, 2.75) is 41.0 Å². The molecule has 0 N–H and O–H groups in total. The average Bonchev–Trinajstić information content (AvgIpc) is 2.08. The number of allylic oxidation sites excluding steroid dienone is 5. The van der Waals surface area contributed by atoms with Gasteiger partial charge in [0.05, 0.1) is 0 Å². The molecule has 0 spiro atoms. The van der Waals surface area contributed by atoms with Gasteiger partial charge in [-0.15, -0.1) is 0 Å². The van der Waals surface area contributed by atoms with E-state index in [9.17, 15) is 0 Å². The summed E-state index contributed by atoms with van der Waals surface area (Å²) in [5.74, 6) is 0.720. The van der Waals surface area contributed by atoms with Gasteiger partial charge >= 0.3 is 0 Å². The van der Waals surface area contributed by atoms with Gasteiger partial charge in [0.15, 0.2) is 0 Å². The quantitative estimate of drug-likeness (QED) is 0.548. The SMILES string of the molecule is C=C/C=C(\C=C/C)CC(C)C.CC. The highest BCUT2D eigenvalue weighted by Gasteiger charge is 1.95. The third-order valence-corrected chi connectivity index (χ3v) is 1.36. The lowest BCUT2D eigenvalue weighted by Crippen LogP contribution is -1.88. The Morgan fingerprint density at radius 2 is 1.85 bits per heavy atom. The van der Waals surface area contributed by atoms with Crippen molar-refractivity contribution in [3.05, 3.63) is 36.5 Å². The second-order valence-electron chi connectivity index (χ2n) is 3.08. The van der Waals surface area contributed by atoms with E-state index >= 15 is 0 Å². The molecule has 0 saturated carbocycles. The van der Waals surface area contributed by atoms with Crippen LogP contribution in [0.3, 0.4) is 0 Å². The van der Waals surface area contributed by atoms with Crippen molar-refractivity contribution >= 4 is 0 Å². The second-order valence-corrected chi connectivity index (χ2v) is 3.08. The zero-order chi connectivity index (χ0) is 10.7. The molecule has 0 aromatic heterocycles. The summed E-state index contributed by atoms with van der Waals surface area (Å²) in [5, 5.41) is 0. The van der Waals surface area contributed by atoms with E-state index in [1.807, 2.05) is 26.8 Å². The fourth-order valence-corrected chi connectivity index (χ4v) is 1.03. The van der Waals surface area contributed by atoms with Crippen LogP contribution in [0.5, 0.6) is 0 Å². The zero-order valence-electron chi connectivity index (χ0n) is 9.80. The minimum atomic E-state index is 0.720. The number of rotatable bonds is 4. The summed E-state index contributed by atoms with van der Waals surface area (Å²) < 4.78 is 0. The molecular weight excluding hydrogens is 156 g/mol. The van der Waals surface area contributed by atoms with E-state index in [1.54, 1.807) is 0 Å². The van der Waals surface area contributed by atoms with E-state index in [0.717, 1.165) is 12.3 Å². The zero-order valence-corrected chi connectivity index (χ0v) is 9.80. The molecule has 0 aromatic rings. The van der Waals surface area contributed by atoms with Gasteiger partial charge in [-0.1, -0.05) is 58.6 Å². The monoisotopic (exact) mass is 180 g/mol. The highest BCUT2D eigenvalue weighted by atomic mass is 14.0. The molecule has 0 bridgehead atoms. The van der Waals surface area contributed by atoms with Crippen LogP contribution in [0.2, 0.25) is 0 Å². The molecule has 0 aromatic carbocycles. The molecule has 0 heteroatoms. The van der Waals surface area contributed by atoms with Gasteiger partial charge in [0.25, 0.3) is 0 Å². The number of hydrogen-bond donors (Lipinski definition) is 0. The smallest absolute Gasteiger partial charge is 0.0256 e. The summed E-state index contributed by atoms with van der Waals surface area (Å²) in [4.78, 5) is 0. The van der Waals surface area contributed by atoms with E-state index in [4.69, 9.17) is 0 Å². The molecule has 0 radical (unpaired) electrons. The van der Waals surface area contributed by atoms with Crippen LogP contribution in [-0.4, -0.2) is 0 Å². The minimum Gasteiger partial charge on any atom is -0.0991 e. The van der Waals surface area contributed by atoms with Crippen LogP contribution in [-0.2, 0) is 0 Å². The lowest BCUT2D eigenvalue weighted by molar-refractivity contribution is 0.650. The molecule has 13 heavy (non-hydrogen) atoms. The largest absolute Gasteiger partial charge is 0.0991 e. The predicted octanol–water partition coefficient (Wildman–Crippen LogP) is 4.75. The van der Waals surface area contributed by atoms with E-state index < -0.39 is 0 Å². The van der Waals surface area contributed by atoms with Crippen molar-refractivity contribution < 1.29 is 0 Å². The first kappa shape index (κ1) is 14.7. The minimum absolute atomic E-state index is 0.720. The van der Waals surface area contributed by atoms with Gasteiger partial charge in [0, 0.05) is 0 Å². The van der Waals surface area contributed by atoms with Crippen LogP contribution in [0, 0.1) is 5.92 Å². The molecule has 0 aliphatic rings. The Morgan fingerprint density at radius 1 is 1.31 bits per heavy atom. The molecular formula is C13H24. The van der Waals surface area contributed by atoms with Gasteiger partial charge < -0.3 is 0 Å². The molecule has 0 aliphatic heterocycles. The summed E-state index contributed by atoms with van der Waals surface area (Å²) >= 11 is 0. The van der Waals surface area contributed by atoms with Crippen molar-refractivity contribution in [1.82, 2.24) is 0 Å². The first-order valence-corrected chi connectivity index (χ1v) is 5.15. The lowest BCUT2D eigenvalue weighted by atomic mass is 10.0. The van der Waals surface area contributed by atoms with Crippen molar-refractivity contribution in [3.63, 3.8) is 0 Å². The molecule has 0 aliphatic carbocycles. The summed E-state index contributed by atoms with van der Waals surface area (Å²) in [6.45, 7) is 14.2. The molecule has 0 nitrogen and oxygen atoms in total. The topological polar surface area (TPSA) is 0 Å². The van der Waals surface area contributed by atoms with Gasteiger partial charge in [-0.05, 0) is 24.8 Å². The third-order valence-electron chi connectivity index (χ3n) is 1.36.